The van der Waals surface area contributed by atoms with E-state index in [-0.39, 0.29) is 17.9 Å². The van der Waals surface area contributed by atoms with E-state index in [2.05, 4.69) is 33.5 Å². The van der Waals surface area contributed by atoms with Gasteiger partial charge in [-0.15, -0.1) is 0 Å². The summed E-state index contributed by atoms with van der Waals surface area (Å²) in [6, 6.07) is 12.1. The molecular formula is C14H14Cl2N2O. The molecule has 0 bridgehead atoms. The number of hydrogen-bond acceptors (Lipinski definition) is 0. The Bertz CT molecular complexity index is 667. The molecule has 0 fully saturated rings. The van der Waals surface area contributed by atoms with Gasteiger partial charge in [0.1, 0.15) is 5.52 Å². The average Bonchev–Trinajstić information content (AvgIpc) is 2.79. The van der Waals surface area contributed by atoms with Crippen LogP contribution in [0.25, 0.3) is 5.52 Å². The first-order valence-corrected chi connectivity index (χ1v) is 5.90. The zero-order valence-corrected chi connectivity index (χ0v) is 11.6. The molecule has 0 spiro atoms. The highest BCUT2D eigenvalue weighted by atomic mass is 35.5. The molecule has 0 aliphatic carbocycles. The number of hydrogen-bond donors (Lipinski definition) is 0. The molecule has 5 heteroatoms. The highest BCUT2D eigenvalue weighted by molar-refractivity contribution is 6.31. The van der Waals surface area contributed by atoms with Crippen LogP contribution >= 0.6 is 11.6 Å². The highest BCUT2D eigenvalue weighted by Gasteiger charge is 2.07. The number of rotatable bonds is 2. The molecule has 0 saturated heterocycles. The summed E-state index contributed by atoms with van der Waals surface area (Å²) in [5.74, 6) is 0. The number of halogens is 2. The van der Waals surface area contributed by atoms with E-state index in [9.17, 15) is 0 Å². The lowest BCUT2D eigenvalue weighted by atomic mass is 10.2. The Kier molecular flexibility index (Phi) is 5.36. The third-order valence-electron chi connectivity index (χ3n) is 2.84. The lowest BCUT2D eigenvalue weighted by molar-refractivity contribution is -0.687. The first-order valence-electron chi connectivity index (χ1n) is 5.52. The third kappa shape index (κ3) is 3.26. The number of fused-ring (bicyclic) bond motifs is 1. The van der Waals surface area contributed by atoms with Crippen LogP contribution in [-0.4, -0.2) is 9.88 Å². The van der Waals surface area contributed by atoms with E-state index in [0.29, 0.717) is 0 Å². The molecule has 2 heterocycles. The number of benzene rings is 1. The minimum atomic E-state index is 0. The van der Waals surface area contributed by atoms with E-state index in [4.69, 9.17) is 11.6 Å². The van der Waals surface area contributed by atoms with Crippen LogP contribution in [0, 0.1) is 0 Å². The van der Waals surface area contributed by atoms with E-state index in [1.165, 1.54) is 5.52 Å². The Hall–Kier alpha value is -1.55. The molecule has 0 radical (unpaired) electrons. The Morgan fingerprint density at radius 1 is 1.05 bits per heavy atom. The van der Waals surface area contributed by atoms with Crippen molar-refractivity contribution in [1.29, 1.82) is 0 Å². The Labute approximate surface area is 122 Å². The summed E-state index contributed by atoms with van der Waals surface area (Å²) < 4.78 is 4.22. The van der Waals surface area contributed by atoms with Crippen molar-refractivity contribution in [3.63, 3.8) is 0 Å². The quantitative estimate of drug-likeness (QED) is 0.551. The lowest BCUT2D eigenvalue weighted by Gasteiger charge is -2.01. The molecule has 3 nitrogen and oxygen atoms in total. The lowest BCUT2D eigenvalue weighted by Crippen LogP contribution is -3.00. The molecular weight excluding hydrogens is 283 g/mol. The number of aromatic nitrogens is 2. The fourth-order valence-electron chi connectivity index (χ4n) is 1.94. The van der Waals surface area contributed by atoms with Crippen LogP contribution in [0.4, 0.5) is 0 Å². The van der Waals surface area contributed by atoms with Crippen LogP contribution < -0.4 is 17.0 Å². The second-order valence-corrected chi connectivity index (χ2v) is 4.44. The SMILES string of the molecule is Clc1ccccc1C[n+]1ccn2cccc2c1.O.[Cl-]. The molecule has 100 valence electrons. The van der Waals surface area contributed by atoms with Crippen molar-refractivity contribution >= 4 is 17.1 Å². The van der Waals surface area contributed by atoms with E-state index >= 15 is 0 Å². The van der Waals surface area contributed by atoms with Crippen molar-refractivity contribution in [3.05, 3.63) is 71.8 Å². The van der Waals surface area contributed by atoms with Crippen molar-refractivity contribution < 1.29 is 22.5 Å². The van der Waals surface area contributed by atoms with Crippen molar-refractivity contribution in [2.45, 2.75) is 6.54 Å². The second kappa shape index (κ2) is 6.57. The van der Waals surface area contributed by atoms with Gasteiger partial charge in [0.2, 0.25) is 0 Å². The predicted molar refractivity (Wildman–Crippen MR) is 71.8 cm³/mol. The fraction of sp³-hybridized carbons (Fsp3) is 0.0714. The van der Waals surface area contributed by atoms with Gasteiger partial charge < -0.3 is 22.3 Å². The summed E-state index contributed by atoms with van der Waals surface area (Å²) in [7, 11) is 0. The zero-order valence-electron chi connectivity index (χ0n) is 10.1. The van der Waals surface area contributed by atoms with Crippen LogP contribution in [0.3, 0.4) is 0 Å². The summed E-state index contributed by atoms with van der Waals surface area (Å²) in [5.41, 5.74) is 2.31. The van der Waals surface area contributed by atoms with E-state index in [1.807, 2.05) is 36.7 Å². The molecule has 0 aliphatic rings. The van der Waals surface area contributed by atoms with Crippen molar-refractivity contribution in [1.82, 2.24) is 4.40 Å². The van der Waals surface area contributed by atoms with Gasteiger partial charge in [0.25, 0.3) is 0 Å². The van der Waals surface area contributed by atoms with Gasteiger partial charge in [-0.25, -0.2) is 0 Å². The molecule has 0 amide bonds. The summed E-state index contributed by atoms with van der Waals surface area (Å²) in [5, 5.41) is 0.815. The van der Waals surface area contributed by atoms with Crippen molar-refractivity contribution in [2.24, 2.45) is 0 Å². The molecule has 2 aromatic heterocycles. The average molecular weight is 297 g/mol. The van der Waals surface area contributed by atoms with Crippen molar-refractivity contribution in [2.75, 3.05) is 0 Å². The summed E-state index contributed by atoms with van der Waals surface area (Å²) in [6.07, 6.45) is 8.25. The second-order valence-electron chi connectivity index (χ2n) is 4.03. The minimum Gasteiger partial charge on any atom is -1.00 e. The molecule has 0 atom stereocenters. The topological polar surface area (TPSA) is 39.8 Å². The van der Waals surface area contributed by atoms with E-state index in [0.717, 1.165) is 17.1 Å². The van der Waals surface area contributed by atoms with E-state index < -0.39 is 0 Å². The molecule has 1 aromatic carbocycles. The summed E-state index contributed by atoms with van der Waals surface area (Å²) >= 11 is 6.15. The highest BCUT2D eigenvalue weighted by Crippen LogP contribution is 2.14. The van der Waals surface area contributed by atoms with Crippen LogP contribution in [0.1, 0.15) is 5.56 Å². The van der Waals surface area contributed by atoms with Gasteiger partial charge in [-0.3, -0.25) is 0 Å². The van der Waals surface area contributed by atoms with Crippen LogP contribution in [0.2, 0.25) is 5.02 Å². The van der Waals surface area contributed by atoms with Gasteiger partial charge >= 0.3 is 0 Å². The third-order valence-corrected chi connectivity index (χ3v) is 3.21. The summed E-state index contributed by atoms with van der Waals surface area (Å²) in [4.78, 5) is 0. The largest absolute Gasteiger partial charge is 1.00 e. The normalized spacial score (nSPS) is 9.74. The Morgan fingerprint density at radius 3 is 2.63 bits per heavy atom. The van der Waals surface area contributed by atoms with Crippen LogP contribution in [0.15, 0.2) is 61.2 Å². The van der Waals surface area contributed by atoms with Gasteiger partial charge in [-0.2, -0.15) is 4.57 Å². The smallest absolute Gasteiger partial charge is 0.193 e. The first kappa shape index (κ1) is 15.5. The molecule has 0 aliphatic heterocycles. The zero-order chi connectivity index (χ0) is 11.7. The van der Waals surface area contributed by atoms with E-state index in [1.54, 1.807) is 0 Å². The maximum atomic E-state index is 6.15. The van der Waals surface area contributed by atoms with Crippen LogP contribution in [0.5, 0.6) is 0 Å². The van der Waals surface area contributed by atoms with Gasteiger partial charge in [-0.05, 0) is 18.2 Å². The molecule has 19 heavy (non-hydrogen) atoms. The Morgan fingerprint density at radius 2 is 1.84 bits per heavy atom. The predicted octanol–water partition coefficient (Wildman–Crippen LogP) is -0.892. The summed E-state index contributed by atoms with van der Waals surface area (Å²) in [6.45, 7) is 0.793. The van der Waals surface area contributed by atoms with Gasteiger partial charge in [0.05, 0.1) is 11.2 Å². The molecule has 3 aromatic rings. The van der Waals surface area contributed by atoms with Gasteiger partial charge in [-0.1, -0.05) is 29.8 Å². The van der Waals surface area contributed by atoms with Crippen molar-refractivity contribution in [3.8, 4) is 0 Å². The van der Waals surface area contributed by atoms with Gasteiger partial charge in [0, 0.05) is 11.8 Å². The monoisotopic (exact) mass is 296 g/mol. The minimum absolute atomic E-state index is 0. The fourth-order valence-corrected chi connectivity index (χ4v) is 2.14. The maximum absolute atomic E-state index is 6.15. The molecule has 0 saturated carbocycles. The van der Waals surface area contributed by atoms with Crippen LogP contribution in [-0.2, 0) is 6.54 Å². The van der Waals surface area contributed by atoms with Gasteiger partial charge in [0.15, 0.2) is 18.9 Å². The molecule has 2 N–H and O–H groups in total. The first-order chi connectivity index (χ1) is 8.33. The molecule has 0 unspecified atom stereocenters. The Balaban J connectivity index is 0.000000902. The maximum Gasteiger partial charge on any atom is 0.193 e. The number of nitrogens with zero attached hydrogens (tertiary/aromatic N) is 2. The molecule has 3 rings (SSSR count). The standard InChI is InChI=1S/C14H12ClN2.ClH.H2O/c15-14-6-2-1-4-12(14)10-16-8-9-17-7-3-5-13(17)11-16;;/h1-9,11H,10H2;1H;1H2/q+1;;/p-1.